The Balaban J connectivity index is 1.42. The lowest BCUT2D eigenvalue weighted by molar-refractivity contribution is -0.354. The van der Waals surface area contributed by atoms with Gasteiger partial charge in [0, 0.05) is 6.92 Å². The Kier molecular flexibility index (Phi) is 13.8. The monoisotopic (exact) mass is 707 g/mol. The molecule has 0 unspecified atom stereocenters. The molecule has 4 aliphatic rings. The summed E-state index contributed by atoms with van der Waals surface area (Å²) >= 11 is 0. The minimum atomic E-state index is -1.89. The van der Waals surface area contributed by atoms with Gasteiger partial charge in [0.05, 0.1) is 26.4 Å². The van der Waals surface area contributed by atoms with Crippen LogP contribution in [0.5, 0.6) is 0 Å². The maximum absolute atomic E-state index is 12.0. The fourth-order valence-electron chi connectivity index (χ4n) is 5.74. The molecular formula is C26H45NO21. The van der Waals surface area contributed by atoms with Crippen LogP contribution in [0.2, 0.25) is 0 Å². The van der Waals surface area contributed by atoms with Gasteiger partial charge in [-0.15, -0.1) is 0 Å². The Morgan fingerprint density at radius 2 is 1.00 bits per heavy atom. The fourth-order valence-corrected chi connectivity index (χ4v) is 5.74. The first-order valence-corrected chi connectivity index (χ1v) is 15.1. The molecule has 0 aromatic rings. The Labute approximate surface area is 272 Å². The van der Waals surface area contributed by atoms with E-state index in [2.05, 4.69) is 5.32 Å². The lowest BCUT2D eigenvalue weighted by Crippen LogP contribution is -2.68. The average molecular weight is 708 g/mol. The van der Waals surface area contributed by atoms with Gasteiger partial charge >= 0.3 is 0 Å². The van der Waals surface area contributed by atoms with Crippen molar-refractivity contribution in [2.75, 3.05) is 26.4 Å². The van der Waals surface area contributed by atoms with Gasteiger partial charge in [0.25, 0.3) is 0 Å². The summed E-state index contributed by atoms with van der Waals surface area (Å²) in [5.74, 6) is -0.693. The van der Waals surface area contributed by atoms with Crippen LogP contribution < -0.4 is 5.32 Å². The topological polar surface area (TPSA) is 357 Å². The van der Waals surface area contributed by atoms with Crippen LogP contribution in [0.25, 0.3) is 0 Å². The van der Waals surface area contributed by atoms with Crippen molar-refractivity contribution in [1.82, 2.24) is 5.32 Å². The number of hydrogen-bond donors (Lipinski definition) is 14. The van der Waals surface area contributed by atoms with Gasteiger partial charge in [0.2, 0.25) is 5.91 Å². The molecule has 4 heterocycles. The van der Waals surface area contributed by atoms with Crippen molar-refractivity contribution in [2.45, 2.75) is 130 Å². The Hall–Kier alpha value is -1.33. The lowest BCUT2D eigenvalue weighted by atomic mass is 9.95. The molecule has 20 atom stereocenters. The van der Waals surface area contributed by atoms with Crippen molar-refractivity contribution >= 4 is 5.91 Å². The van der Waals surface area contributed by atoms with Crippen LogP contribution in [0, 0.1) is 0 Å². The van der Waals surface area contributed by atoms with E-state index in [1.54, 1.807) is 0 Å². The van der Waals surface area contributed by atoms with Crippen LogP contribution in [0.15, 0.2) is 0 Å². The van der Waals surface area contributed by atoms with Gasteiger partial charge in [-0.3, -0.25) is 4.79 Å². The van der Waals surface area contributed by atoms with E-state index < -0.39 is 155 Å². The van der Waals surface area contributed by atoms with Crippen molar-refractivity contribution in [3.8, 4) is 0 Å². The summed E-state index contributed by atoms with van der Waals surface area (Å²) in [6.45, 7) is -1.83. The van der Waals surface area contributed by atoms with Crippen molar-refractivity contribution in [2.24, 2.45) is 0 Å². The van der Waals surface area contributed by atoms with Crippen LogP contribution in [-0.2, 0) is 38.0 Å². The lowest BCUT2D eigenvalue weighted by Gasteiger charge is -2.47. The molecule has 22 heteroatoms. The molecule has 1 amide bonds. The van der Waals surface area contributed by atoms with Gasteiger partial charge in [-0.2, -0.15) is 0 Å². The highest BCUT2D eigenvalue weighted by Crippen LogP contribution is 2.31. The van der Waals surface area contributed by atoms with Gasteiger partial charge < -0.3 is 105 Å². The molecule has 280 valence electrons. The maximum Gasteiger partial charge on any atom is 0.217 e. The predicted octanol–water partition coefficient (Wildman–Crippen LogP) is -9.61. The predicted molar refractivity (Wildman–Crippen MR) is 145 cm³/mol. The van der Waals surface area contributed by atoms with Crippen LogP contribution >= 0.6 is 0 Å². The van der Waals surface area contributed by atoms with E-state index in [0.29, 0.717) is 0 Å². The standard InChI is InChI=1S/C26H45NO21/c1-6(30)27-11-15(34)22(48-26-21(40)17(36)12(31)7(2-28)45-26)8(3-29)46-24(11)42-5-10-14(33)18(37)20(39)25(47-10)43-4-9-13(32)16(35)19(38)23(41)44-9/h7-26,28-29,31-41H,2-5H2,1H3,(H,27,30)/t7-,8-,9-,10-,11-,12+,13-,14-,15-,16+,17+,18+,19+,20+,21-,22-,23-,24-,25+,26+/m1/s1. The minimum Gasteiger partial charge on any atom is -0.394 e. The van der Waals surface area contributed by atoms with Crippen LogP contribution in [0.4, 0.5) is 0 Å². The summed E-state index contributed by atoms with van der Waals surface area (Å²) in [7, 11) is 0. The van der Waals surface area contributed by atoms with Crippen molar-refractivity contribution in [3.05, 3.63) is 0 Å². The fraction of sp³-hybridized carbons (Fsp3) is 0.962. The second kappa shape index (κ2) is 16.8. The molecule has 0 aromatic heterocycles. The van der Waals surface area contributed by atoms with Crippen molar-refractivity contribution in [1.29, 1.82) is 0 Å². The molecule has 4 fully saturated rings. The summed E-state index contributed by atoms with van der Waals surface area (Å²) < 4.78 is 38.2. The molecule has 0 aliphatic carbocycles. The van der Waals surface area contributed by atoms with Crippen molar-refractivity contribution < 1.29 is 104 Å². The number of rotatable bonds is 11. The molecule has 0 bridgehead atoms. The summed E-state index contributed by atoms with van der Waals surface area (Å²) in [4.78, 5) is 12.0. The second-order valence-electron chi connectivity index (χ2n) is 12.0. The van der Waals surface area contributed by atoms with E-state index >= 15 is 0 Å². The number of aliphatic hydroxyl groups is 13. The van der Waals surface area contributed by atoms with E-state index in [-0.39, 0.29) is 0 Å². The molecule has 0 aromatic carbocycles. The molecule has 4 aliphatic heterocycles. The minimum absolute atomic E-state index is 0.642. The molecule has 0 saturated carbocycles. The molecular weight excluding hydrogens is 662 g/mol. The number of aliphatic hydroxyl groups excluding tert-OH is 13. The third-order valence-corrected chi connectivity index (χ3v) is 8.57. The molecule has 0 radical (unpaired) electrons. The second-order valence-corrected chi connectivity index (χ2v) is 12.0. The normalized spacial score (nSPS) is 50.2. The van der Waals surface area contributed by atoms with Gasteiger partial charge in [-0.25, -0.2) is 0 Å². The highest BCUT2D eigenvalue weighted by Gasteiger charge is 2.52. The Bertz CT molecular complexity index is 1030. The summed E-state index contributed by atoms with van der Waals surface area (Å²) in [6.07, 6.45) is -32.3. The van der Waals surface area contributed by atoms with Gasteiger partial charge in [-0.1, -0.05) is 0 Å². The SMILES string of the molecule is CC(=O)N[C@H]1[C@H](OC[C@H]2O[C@H](OC[C@H]3O[C@@H](O)[C@@H](O)[C@@H](O)[C@@H]3O)[C@@H](O)[C@@H](O)[C@@H]2O)O[C@H](CO)[C@@H](O[C@@H]2O[C@H](CO)[C@H](O)[C@H](O)[C@H]2O)[C@@H]1O. The zero-order valence-corrected chi connectivity index (χ0v) is 25.5. The average Bonchev–Trinajstić information content (AvgIpc) is 3.06. The van der Waals surface area contributed by atoms with Crippen LogP contribution in [-0.4, -0.2) is 221 Å². The summed E-state index contributed by atoms with van der Waals surface area (Å²) in [6, 6.07) is -1.47. The third-order valence-electron chi connectivity index (χ3n) is 8.57. The zero-order valence-electron chi connectivity index (χ0n) is 25.5. The summed E-state index contributed by atoms with van der Waals surface area (Å²) in [5, 5.41) is 134. The maximum atomic E-state index is 12.0. The quantitative estimate of drug-likeness (QED) is 0.0947. The van der Waals surface area contributed by atoms with Gasteiger partial charge in [-0.05, 0) is 0 Å². The van der Waals surface area contributed by atoms with E-state index in [9.17, 15) is 71.2 Å². The number of amides is 1. The first-order chi connectivity index (χ1) is 22.6. The largest absolute Gasteiger partial charge is 0.394 e. The molecule has 0 spiro atoms. The number of hydrogen-bond acceptors (Lipinski definition) is 21. The molecule has 4 saturated heterocycles. The molecule has 22 nitrogen and oxygen atoms in total. The number of ether oxygens (including phenoxy) is 7. The van der Waals surface area contributed by atoms with Gasteiger partial charge in [0.15, 0.2) is 25.2 Å². The van der Waals surface area contributed by atoms with E-state index in [0.717, 1.165) is 6.92 Å². The number of carbonyl (C=O) groups excluding carboxylic acids is 1. The smallest absolute Gasteiger partial charge is 0.217 e. The first-order valence-electron chi connectivity index (χ1n) is 15.1. The van der Waals surface area contributed by atoms with E-state index in [4.69, 9.17) is 33.2 Å². The molecule has 48 heavy (non-hydrogen) atoms. The zero-order chi connectivity index (χ0) is 35.6. The number of nitrogens with one attached hydrogen (secondary N) is 1. The van der Waals surface area contributed by atoms with E-state index in [1.807, 2.05) is 0 Å². The van der Waals surface area contributed by atoms with Crippen LogP contribution in [0.3, 0.4) is 0 Å². The highest BCUT2D eigenvalue weighted by molar-refractivity contribution is 5.73. The molecule has 4 rings (SSSR count). The number of carbonyl (C=O) groups is 1. The highest BCUT2D eigenvalue weighted by atomic mass is 16.8. The molecule has 14 N–H and O–H groups in total. The van der Waals surface area contributed by atoms with E-state index in [1.165, 1.54) is 0 Å². The van der Waals surface area contributed by atoms with Gasteiger partial charge in [0.1, 0.15) is 97.6 Å². The Morgan fingerprint density at radius 1 is 0.542 bits per heavy atom. The Morgan fingerprint density at radius 3 is 1.56 bits per heavy atom. The van der Waals surface area contributed by atoms with Crippen LogP contribution in [0.1, 0.15) is 6.92 Å². The third kappa shape index (κ3) is 8.41. The first kappa shape index (κ1) is 39.5. The summed E-state index contributed by atoms with van der Waals surface area (Å²) in [5.41, 5.74) is 0. The van der Waals surface area contributed by atoms with Crippen molar-refractivity contribution in [3.63, 3.8) is 0 Å².